The van der Waals surface area contributed by atoms with E-state index in [1.807, 2.05) is 13.8 Å². The first-order valence-corrected chi connectivity index (χ1v) is 9.45. The molecule has 6 nitrogen and oxygen atoms in total. The summed E-state index contributed by atoms with van der Waals surface area (Å²) in [5, 5.41) is 0. The minimum absolute atomic E-state index is 0.00870. The van der Waals surface area contributed by atoms with Gasteiger partial charge >= 0.3 is 0 Å². The maximum Gasteiger partial charge on any atom is 0.243 e. The standard InChI is InChI=1S/C16H25N3O3S/c1-4-18(5-2)23(21,22)14-6-7-15-13(10-14)8-9-19(15)16(20)12(3)11-17/h6-7,10,12H,4-5,8-9,11,17H2,1-3H3. The molecular formula is C16H25N3O3S. The second kappa shape index (κ2) is 6.98. The number of benzene rings is 1. The Morgan fingerprint density at radius 1 is 1.35 bits per heavy atom. The molecule has 2 N–H and O–H groups in total. The van der Waals surface area contributed by atoms with Gasteiger partial charge in [0.05, 0.1) is 4.90 Å². The van der Waals surface area contributed by atoms with E-state index in [1.54, 1.807) is 30.0 Å². The Morgan fingerprint density at radius 2 is 2.00 bits per heavy atom. The van der Waals surface area contributed by atoms with Crippen molar-refractivity contribution in [2.45, 2.75) is 32.1 Å². The fraction of sp³-hybridized carbons (Fsp3) is 0.562. The zero-order valence-electron chi connectivity index (χ0n) is 13.9. The second-order valence-electron chi connectivity index (χ2n) is 5.76. The van der Waals surface area contributed by atoms with Crippen LogP contribution in [0.2, 0.25) is 0 Å². The van der Waals surface area contributed by atoms with Gasteiger partial charge in [0.2, 0.25) is 15.9 Å². The maximum atomic E-state index is 12.6. The zero-order valence-corrected chi connectivity index (χ0v) is 14.8. The first-order valence-electron chi connectivity index (χ1n) is 8.01. The fourth-order valence-electron chi connectivity index (χ4n) is 2.85. The molecule has 1 atom stereocenters. The molecule has 0 saturated carbocycles. The molecule has 0 fully saturated rings. The van der Waals surface area contributed by atoms with Crippen LogP contribution in [-0.2, 0) is 21.2 Å². The lowest BCUT2D eigenvalue weighted by Crippen LogP contribution is -2.36. The molecule has 23 heavy (non-hydrogen) atoms. The quantitative estimate of drug-likeness (QED) is 0.844. The lowest BCUT2D eigenvalue weighted by atomic mass is 10.1. The Bertz CT molecular complexity index is 684. The Labute approximate surface area is 138 Å². The summed E-state index contributed by atoms with van der Waals surface area (Å²) in [5.41, 5.74) is 7.27. The van der Waals surface area contributed by atoms with Crippen LogP contribution >= 0.6 is 0 Å². The highest BCUT2D eigenvalue weighted by atomic mass is 32.2. The molecule has 1 aliphatic rings. The number of hydrogen-bond acceptors (Lipinski definition) is 4. The normalized spacial score (nSPS) is 15.8. The minimum Gasteiger partial charge on any atom is -0.330 e. The van der Waals surface area contributed by atoms with Gasteiger partial charge in [0.1, 0.15) is 0 Å². The zero-order chi connectivity index (χ0) is 17.2. The van der Waals surface area contributed by atoms with E-state index in [9.17, 15) is 13.2 Å². The molecule has 128 valence electrons. The number of rotatable bonds is 6. The van der Waals surface area contributed by atoms with Crippen molar-refractivity contribution in [3.05, 3.63) is 23.8 Å². The predicted molar refractivity (Wildman–Crippen MR) is 90.8 cm³/mol. The molecule has 0 aromatic heterocycles. The molecule has 2 rings (SSSR count). The molecule has 0 spiro atoms. The van der Waals surface area contributed by atoms with Crippen LogP contribution in [0.25, 0.3) is 0 Å². The van der Waals surface area contributed by atoms with E-state index in [-0.39, 0.29) is 11.8 Å². The predicted octanol–water partition coefficient (Wildman–Crippen LogP) is 1.20. The van der Waals surface area contributed by atoms with Gasteiger partial charge in [0.25, 0.3) is 0 Å². The number of carbonyl (C=O) groups is 1. The molecule has 1 unspecified atom stereocenters. The van der Waals surface area contributed by atoms with Crippen molar-refractivity contribution < 1.29 is 13.2 Å². The molecule has 7 heteroatoms. The highest BCUT2D eigenvalue weighted by Crippen LogP contribution is 2.32. The molecule has 1 amide bonds. The summed E-state index contributed by atoms with van der Waals surface area (Å²) in [6.07, 6.45) is 0.667. The molecular weight excluding hydrogens is 314 g/mol. The van der Waals surface area contributed by atoms with Gasteiger partial charge in [-0.25, -0.2) is 8.42 Å². The topological polar surface area (TPSA) is 83.7 Å². The van der Waals surface area contributed by atoms with Crippen molar-refractivity contribution in [2.24, 2.45) is 11.7 Å². The van der Waals surface area contributed by atoms with Crippen LogP contribution < -0.4 is 10.6 Å². The summed E-state index contributed by atoms with van der Waals surface area (Å²) in [4.78, 5) is 14.3. The van der Waals surface area contributed by atoms with Crippen LogP contribution in [0.5, 0.6) is 0 Å². The van der Waals surface area contributed by atoms with Gasteiger partial charge in [-0.1, -0.05) is 20.8 Å². The summed E-state index contributed by atoms with van der Waals surface area (Å²) in [6.45, 7) is 7.21. The first-order chi connectivity index (χ1) is 10.9. The summed E-state index contributed by atoms with van der Waals surface area (Å²) >= 11 is 0. The number of nitrogens with zero attached hydrogens (tertiary/aromatic N) is 2. The molecule has 0 saturated heterocycles. The lowest BCUT2D eigenvalue weighted by Gasteiger charge is -2.22. The largest absolute Gasteiger partial charge is 0.330 e. The van der Waals surface area contributed by atoms with Crippen LogP contribution in [-0.4, -0.2) is 44.8 Å². The third kappa shape index (κ3) is 3.27. The van der Waals surface area contributed by atoms with Crippen molar-refractivity contribution in [1.29, 1.82) is 0 Å². The molecule has 0 bridgehead atoms. The van der Waals surface area contributed by atoms with E-state index in [0.29, 0.717) is 37.5 Å². The van der Waals surface area contributed by atoms with Crippen LogP contribution in [0.1, 0.15) is 26.3 Å². The molecule has 1 aliphatic heterocycles. The van der Waals surface area contributed by atoms with E-state index in [1.165, 1.54) is 4.31 Å². The third-order valence-electron chi connectivity index (χ3n) is 4.33. The smallest absolute Gasteiger partial charge is 0.243 e. The van der Waals surface area contributed by atoms with Crippen LogP contribution in [0.4, 0.5) is 5.69 Å². The SMILES string of the molecule is CCN(CC)S(=O)(=O)c1ccc2c(c1)CCN2C(=O)C(C)CN. The average Bonchev–Trinajstić information content (AvgIpc) is 2.97. The van der Waals surface area contributed by atoms with Gasteiger partial charge in [-0.05, 0) is 30.2 Å². The van der Waals surface area contributed by atoms with Crippen LogP contribution in [0.15, 0.2) is 23.1 Å². The number of amides is 1. The Hall–Kier alpha value is -1.44. The van der Waals surface area contributed by atoms with E-state index >= 15 is 0 Å². The van der Waals surface area contributed by atoms with E-state index < -0.39 is 10.0 Å². The Morgan fingerprint density at radius 3 is 2.57 bits per heavy atom. The molecule has 1 aromatic carbocycles. The molecule has 0 aliphatic carbocycles. The highest BCUT2D eigenvalue weighted by molar-refractivity contribution is 7.89. The number of hydrogen-bond donors (Lipinski definition) is 1. The third-order valence-corrected chi connectivity index (χ3v) is 6.38. The maximum absolute atomic E-state index is 12.6. The Kier molecular flexibility index (Phi) is 5.44. The summed E-state index contributed by atoms with van der Waals surface area (Å²) in [7, 11) is -3.47. The number of nitrogens with two attached hydrogens (primary N) is 1. The van der Waals surface area contributed by atoms with Crippen molar-refractivity contribution in [1.82, 2.24) is 4.31 Å². The van der Waals surface area contributed by atoms with Gasteiger partial charge in [0, 0.05) is 37.8 Å². The van der Waals surface area contributed by atoms with Crippen molar-refractivity contribution >= 4 is 21.6 Å². The number of sulfonamides is 1. The van der Waals surface area contributed by atoms with Gasteiger partial charge in [-0.3, -0.25) is 4.79 Å². The average molecular weight is 339 g/mol. The van der Waals surface area contributed by atoms with Crippen molar-refractivity contribution in [3.8, 4) is 0 Å². The first kappa shape index (κ1) is 17.9. The number of carbonyl (C=O) groups excluding carboxylic acids is 1. The lowest BCUT2D eigenvalue weighted by molar-refractivity contribution is -0.121. The molecule has 1 heterocycles. The summed E-state index contributed by atoms with van der Waals surface area (Å²) in [6, 6.07) is 5.02. The van der Waals surface area contributed by atoms with E-state index in [2.05, 4.69) is 0 Å². The molecule has 1 aromatic rings. The van der Waals surface area contributed by atoms with Gasteiger partial charge in [-0.2, -0.15) is 4.31 Å². The van der Waals surface area contributed by atoms with E-state index in [4.69, 9.17) is 5.73 Å². The van der Waals surface area contributed by atoms with Crippen molar-refractivity contribution in [2.75, 3.05) is 31.1 Å². The van der Waals surface area contributed by atoms with Gasteiger partial charge < -0.3 is 10.6 Å². The summed E-state index contributed by atoms with van der Waals surface area (Å²) < 4.78 is 26.6. The van der Waals surface area contributed by atoms with Crippen LogP contribution in [0.3, 0.4) is 0 Å². The fourth-order valence-corrected chi connectivity index (χ4v) is 4.36. The number of anilines is 1. The minimum atomic E-state index is -3.47. The number of fused-ring (bicyclic) bond motifs is 1. The van der Waals surface area contributed by atoms with Gasteiger partial charge in [0.15, 0.2) is 0 Å². The second-order valence-corrected chi connectivity index (χ2v) is 7.69. The van der Waals surface area contributed by atoms with E-state index in [0.717, 1.165) is 11.3 Å². The van der Waals surface area contributed by atoms with Crippen molar-refractivity contribution in [3.63, 3.8) is 0 Å². The van der Waals surface area contributed by atoms with Crippen LogP contribution in [0, 0.1) is 5.92 Å². The highest BCUT2D eigenvalue weighted by Gasteiger charge is 2.29. The molecule has 0 radical (unpaired) electrons. The monoisotopic (exact) mass is 339 g/mol. The van der Waals surface area contributed by atoms with Gasteiger partial charge in [-0.15, -0.1) is 0 Å². The summed E-state index contributed by atoms with van der Waals surface area (Å²) in [5.74, 6) is -0.245. The Balaban J connectivity index is 2.34.